The number of para-hydroxylation sites is 1. The third-order valence-electron chi connectivity index (χ3n) is 4.50. The highest BCUT2D eigenvalue weighted by atomic mass is 79.9. The van der Waals surface area contributed by atoms with Gasteiger partial charge in [-0.15, -0.1) is 0 Å². The molecule has 0 aliphatic carbocycles. The number of aliphatic imine (C=N–C) groups is 2. The highest BCUT2D eigenvalue weighted by molar-refractivity contribution is 9.09. The summed E-state index contributed by atoms with van der Waals surface area (Å²) in [4.78, 5) is 20.4. The summed E-state index contributed by atoms with van der Waals surface area (Å²) in [5, 5.41) is 13.9. The Morgan fingerprint density at radius 3 is 2.69 bits per heavy atom. The lowest BCUT2D eigenvalue weighted by Gasteiger charge is -2.12. The Labute approximate surface area is 176 Å². The molecular formula is C21H20BrFN4O2. The first-order chi connectivity index (χ1) is 14.0. The fraction of sp³-hybridized carbons (Fsp3) is 0.238. The molecule has 2 aromatic carbocycles. The number of nitrogens with zero attached hydrogens (tertiary/aromatic N) is 3. The van der Waals surface area contributed by atoms with E-state index in [1.165, 1.54) is 6.07 Å². The molecule has 150 valence electrons. The number of carboxylic acids is 1. The second-order valence-electron chi connectivity index (χ2n) is 6.37. The molecule has 1 atom stereocenters. The number of halogens is 2. The minimum atomic E-state index is -0.948. The van der Waals surface area contributed by atoms with Gasteiger partial charge in [-0.25, -0.2) is 9.38 Å². The van der Waals surface area contributed by atoms with Crippen molar-refractivity contribution in [3.05, 3.63) is 65.5 Å². The van der Waals surface area contributed by atoms with Crippen molar-refractivity contribution in [2.45, 2.75) is 13.3 Å². The van der Waals surface area contributed by atoms with Gasteiger partial charge in [-0.05, 0) is 12.5 Å². The van der Waals surface area contributed by atoms with Crippen molar-refractivity contribution in [3.63, 3.8) is 0 Å². The Morgan fingerprint density at radius 1 is 1.28 bits per heavy atom. The zero-order valence-corrected chi connectivity index (χ0v) is 17.4. The number of hydrazone groups is 1. The fourth-order valence-electron chi connectivity index (χ4n) is 3.02. The molecule has 1 aliphatic heterocycles. The molecule has 1 aliphatic rings. The van der Waals surface area contributed by atoms with E-state index in [0.717, 1.165) is 5.56 Å². The summed E-state index contributed by atoms with van der Waals surface area (Å²) < 4.78 is 14.6. The predicted octanol–water partition coefficient (Wildman–Crippen LogP) is 4.16. The van der Waals surface area contributed by atoms with Gasteiger partial charge in [0.15, 0.2) is 0 Å². The standard InChI is InChI=1S/C21H20BrFN4O2/c1-2-14(21(28)29)17(11-22)26-27-18-12-24-19(13-7-4-3-5-8-13)15-9-6-10-16(23)20(15)25-18/h3-10,14H,2,11-12H2,1H3,(H,25,27)(H,28,29). The number of nitrogens with one attached hydrogen (secondary N) is 1. The molecule has 0 radical (unpaired) electrons. The molecule has 0 bridgehead atoms. The van der Waals surface area contributed by atoms with E-state index in [4.69, 9.17) is 0 Å². The third kappa shape index (κ3) is 4.76. The van der Waals surface area contributed by atoms with Crippen molar-refractivity contribution in [1.82, 2.24) is 5.43 Å². The summed E-state index contributed by atoms with van der Waals surface area (Å²) in [5.74, 6) is -1.80. The summed E-state index contributed by atoms with van der Waals surface area (Å²) in [6.45, 7) is 1.93. The van der Waals surface area contributed by atoms with Crippen molar-refractivity contribution in [3.8, 4) is 0 Å². The molecule has 8 heteroatoms. The first-order valence-corrected chi connectivity index (χ1v) is 10.2. The molecular weight excluding hydrogens is 439 g/mol. The van der Waals surface area contributed by atoms with Gasteiger partial charge in [-0.3, -0.25) is 15.2 Å². The lowest BCUT2D eigenvalue weighted by Crippen LogP contribution is -2.29. The van der Waals surface area contributed by atoms with E-state index in [-0.39, 0.29) is 12.2 Å². The number of carboxylic acid groups (broad SMARTS) is 1. The molecule has 0 spiro atoms. The van der Waals surface area contributed by atoms with Gasteiger partial charge in [0.2, 0.25) is 0 Å². The Bertz CT molecular complexity index is 989. The van der Waals surface area contributed by atoms with Crippen LogP contribution in [-0.2, 0) is 4.79 Å². The number of alkyl halides is 1. The van der Waals surface area contributed by atoms with Crippen molar-refractivity contribution >= 4 is 44.8 Å². The maximum atomic E-state index is 14.6. The van der Waals surface area contributed by atoms with Gasteiger partial charge in [0.05, 0.1) is 23.9 Å². The minimum Gasteiger partial charge on any atom is -0.481 e. The smallest absolute Gasteiger partial charge is 0.312 e. The van der Waals surface area contributed by atoms with Gasteiger partial charge in [0.25, 0.3) is 0 Å². The van der Waals surface area contributed by atoms with Crippen molar-refractivity contribution < 1.29 is 14.3 Å². The highest BCUT2D eigenvalue weighted by Gasteiger charge is 2.22. The van der Waals surface area contributed by atoms with Crippen LogP contribution in [0.2, 0.25) is 0 Å². The van der Waals surface area contributed by atoms with Gasteiger partial charge in [0, 0.05) is 16.5 Å². The molecule has 1 unspecified atom stereocenters. The van der Waals surface area contributed by atoms with Crippen LogP contribution in [0.25, 0.3) is 0 Å². The van der Waals surface area contributed by atoms with Gasteiger partial charge in [-0.1, -0.05) is 65.3 Å². The van der Waals surface area contributed by atoms with Crippen molar-refractivity contribution in [2.75, 3.05) is 11.9 Å². The number of aliphatic carboxylic acids is 1. The number of hydrogen-bond acceptors (Lipinski definition) is 5. The second kappa shape index (κ2) is 9.56. The number of rotatable bonds is 6. The zero-order chi connectivity index (χ0) is 20.8. The van der Waals surface area contributed by atoms with Gasteiger partial charge in [-0.2, -0.15) is 5.10 Å². The minimum absolute atomic E-state index is 0.154. The predicted molar refractivity (Wildman–Crippen MR) is 116 cm³/mol. The van der Waals surface area contributed by atoms with Crippen LogP contribution in [0.4, 0.5) is 10.1 Å². The summed E-state index contributed by atoms with van der Waals surface area (Å²) >= 11 is 3.28. The normalized spacial score (nSPS) is 14.9. The SMILES string of the molecule is CCC(C(=O)O)C(CBr)=NNC1=Nc2c(F)cccc2C(c2ccccc2)=NC1. The summed E-state index contributed by atoms with van der Waals surface area (Å²) in [5.41, 5.74) is 5.49. The maximum Gasteiger partial charge on any atom is 0.312 e. The highest BCUT2D eigenvalue weighted by Crippen LogP contribution is 2.28. The number of benzene rings is 2. The number of hydrogen-bond donors (Lipinski definition) is 2. The van der Waals surface area contributed by atoms with Crippen LogP contribution in [0.3, 0.4) is 0 Å². The van der Waals surface area contributed by atoms with Crippen LogP contribution < -0.4 is 5.43 Å². The lowest BCUT2D eigenvalue weighted by atomic mass is 10.0. The van der Waals surface area contributed by atoms with Crippen LogP contribution in [0.5, 0.6) is 0 Å². The molecule has 3 rings (SSSR count). The van der Waals surface area contributed by atoms with E-state index in [1.807, 2.05) is 30.3 Å². The molecule has 0 saturated heterocycles. The third-order valence-corrected chi connectivity index (χ3v) is 5.07. The summed E-state index contributed by atoms with van der Waals surface area (Å²) in [6, 6.07) is 14.3. The van der Waals surface area contributed by atoms with Crippen LogP contribution in [0.1, 0.15) is 24.5 Å². The Balaban J connectivity index is 1.98. The average Bonchev–Trinajstić information content (AvgIpc) is 2.92. The van der Waals surface area contributed by atoms with Gasteiger partial charge in [0.1, 0.15) is 17.3 Å². The molecule has 2 aromatic rings. The van der Waals surface area contributed by atoms with Crippen LogP contribution in [-0.4, -0.2) is 40.2 Å². The quantitative estimate of drug-likeness (QED) is 0.387. The Kier molecular flexibility index (Phi) is 6.87. The first-order valence-electron chi connectivity index (χ1n) is 9.12. The molecule has 0 fully saturated rings. The fourth-order valence-corrected chi connectivity index (χ4v) is 3.54. The van der Waals surface area contributed by atoms with Gasteiger partial charge >= 0.3 is 5.97 Å². The van der Waals surface area contributed by atoms with E-state index in [2.05, 4.69) is 36.4 Å². The number of carbonyl (C=O) groups is 1. The van der Waals surface area contributed by atoms with Crippen molar-refractivity contribution in [1.29, 1.82) is 0 Å². The summed E-state index contributed by atoms with van der Waals surface area (Å²) in [7, 11) is 0. The van der Waals surface area contributed by atoms with E-state index in [9.17, 15) is 14.3 Å². The van der Waals surface area contributed by atoms with Crippen LogP contribution in [0.15, 0.2) is 63.6 Å². The van der Waals surface area contributed by atoms with Crippen molar-refractivity contribution in [2.24, 2.45) is 21.0 Å². The second-order valence-corrected chi connectivity index (χ2v) is 6.93. The largest absolute Gasteiger partial charge is 0.481 e. The lowest BCUT2D eigenvalue weighted by molar-refractivity contribution is -0.139. The van der Waals surface area contributed by atoms with E-state index in [0.29, 0.717) is 34.6 Å². The Hall–Kier alpha value is -2.87. The summed E-state index contributed by atoms with van der Waals surface area (Å²) in [6.07, 6.45) is 0.404. The molecule has 2 N–H and O–H groups in total. The van der Waals surface area contributed by atoms with Crippen LogP contribution in [0, 0.1) is 11.7 Å². The molecule has 6 nitrogen and oxygen atoms in total. The van der Waals surface area contributed by atoms with E-state index < -0.39 is 17.7 Å². The molecule has 29 heavy (non-hydrogen) atoms. The molecule has 0 saturated carbocycles. The monoisotopic (exact) mass is 458 g/mol. The van der Waals surface area contributed by atoms with Gasteiger partial charge < -0.3 is 5.11 Å². The first kappa shape index (κ1) is 20.9. The molecule has 0 amide bonds. The molecule has 0 aromatic heterocycles. The Morgan fingerprint density at radius 2 is 2.03 bits per heavy atom. The number of fused-ring (bicyclic) bond motifs is 1. The average molecular weight is 459 g/mol. The van der Waals surface area contributed by atoms with E-state index >= 15 is 0 Å². The maximum absolute atomic E-state index is 14.6. The zero-order valence-electron chi connectivity index (χ0n) is 15.8. The molecule has 1 heterocycles. The number of amidine groups is 1. The van der Waals surface area contributed by atoms with E-state index in [1.54, 1.807) is 19.1 Å². The van der Waals surface area contributed by atoms with Crippen LogP contribution >= 0.6 is 15.9 Å². The topological polar surface area (TPSA) is 86.4 Å².